The molecule has 0 bridgehead atoms. The van der Waals surface area contributed by atoms with Gasteiger partial charge in [-0.1, -0.05) is 22.9 Å². The van der Waals surface area contributed by atoms with Crippen LogP contribution in [0.3, 0.4) is 0 Å². The lowest BCUT2D eigenvalue weighted by Crippen LogP contribution is -2.10. The Morgan fingerprint density at radius 3 is 2.65 bits per heavy atom. The summed E-state index contributed by atoms with van der Waals surface area (Å²) >= 11 is 3.33. The van der Waals surface area contributed by atoms with Gasteiger partial charge in [-0.05, 0) is 30.3 Å². The second-order valence-corrected chi connectivity index (χ2v) is 4.98. The number of anilines is 1. The zero-order valence-corrected chi connectivity index (χ0v) is 12.2. The molecule has 0 aliphatic heterocycles. The number of carbonyl (C=O) groups is 2. The highest BCUT2D eigenvalue weighted by Gasteiger charge is 2.14. The molecule has 0 aliphatic rings. The number of hydrogen-bond donors (Lipinski definition) is 2. The molecular formula is C14H12BrNO4. The van der Waals surface area contributed by atoms with Gasteiger partial charge in [0.2, 0.25) is 11.7 Å². The molecule has 0 aliphatic carbocycles. The van der Waals surface area contributed by atoms with Crippen molar-refractivity contribution in [1.82, 2.24) is 0 Å². The van der Waals surface area contributed by atoms with Gasteiger partial charge < -0.3 is 14.8 Å². The number of carboxylic acid groups (broad SMARTS) is 1. The van der Waals surface area contributed by atoms with Crippen molar-refractivity contribution in [2.45, 2.75) is 13.3 Å². The molecule has 1 aromatic carbocycles. The fraction of sp³-hybridized carbons (Fsp3) is 0.143. The molecule has 104 valence electrons. The molecular weight excluding hydrogens is 326 g/mol. The number of carboxylic acids is 1. The lowest BCUT2D eigenvalue weighted by molar-refractivity contribution is -0.115. The largest absolute Gasteiger partial charge is 0.475 e. The average molecular weight is 338 g/mol. The van der Waals surface area contributed by atoms with E-state index in [0.29, 0.717) is 23.4 Å². The number of halogens is 1. The van der Waals surface area contributed by atoms with Crippen molar-refractivity contribution in [3.63, 3.8) is 0 Å². The third-order valence-corrected chi connectivity index (χ3v) is 3.15. The Morgan fingerprint density at radius 2 is 2.05 bits per heavy atom. The molecule has 1 amide bonds. The minimum absolute atomic E-state index is 0.130. The molecule has 2 rings (SSSR count). The summed E-state index contributed by atoms with van der Waals surface area (Å²) in [5.41, 5.74) is 1.19. The summed E-state index contributed by atoms with van der Waals surface area (Å²) in [4.78, 5) is 22.4. The fourth-order valence-electron chi connectivity index (χ4n) is 1.67. The van der Waals surface area contributed by atoms with Crippen LogP contribution in [0.4, 0.5) is 5.69 Å². The van der Waals surface area contributed by atoms with Gasteiger partial charge in [-0.15, -0.1) is 0 Å². The highest BCUT2D eigenvalue weighted by atomic mass is 79.9. The lowest BCUT2D eigenvalue weighted by Gasteiger charge is -2.09. The van der Waals surface area contributed by atoms with Crippen molar-refractivity contribution in [1.29, 1.82) is 0 Å². The monoisotopic (exact) mass is 337 g/mol. The molecule has 0 spiro atoms. The van der Waals surface area contributed by atoms with Crippen molar-refractivity contribution in [2.75, 3.05) is 5.32 Å². The molecule has 6 heteroatoms. The molecule has 0 unspecified atom stereocenters. The number of nitrogens with one attached hydrogen (secondary N) is 1. The van der Waals surface area contributed by atoms with Crippen LogP contribution in [0.2, 0.25) is 0 Å². The minimum atomic E-state index is -1.13. The molecule has 0 atom stereocenters. The van der Waals surface area contributed by atoms with Gasteiger partial charge in [-0.3, -0.25) is 4.79 Å². The van der Waals surface area contributed by atoms with Gasteiger partial charge >= 0.3 is 5.97 Å². The maximum Gasteiger partial charge on any atom is 0.371 e. The maximum absolute atomic E-state index is 11.5. The van der Waals surface area contributed by atoms with Crippen LogP contribution in [-0.2, 0) is 4.79 Å². The van der Waals surface area contributed by atoms with Crippen molar-refractivity contribution >= 4 is 33.5 Å². The number of aromatic carboxylic acids is 1. The molecule has 2 aromatic rings. The first-order valence-corrected chi connectivity index (χ1v) is 6.73. The number of furan rings is 1. The van der Waals surface area contributed by atoms with E-state index in [0.717, 1.165) is 4.47 Å². The zero-order chi connectivity index (χ0) is 14.7. The molecule has 0 saturated carbocycles. The molecule has 0 saturated heterocycles. The Hall–Kier alpha value is -2.08. The van der Waals surface area contributed by atoms with Gasteiger partial charge in [0.05, 0.1) is 5.69 Å². The quantitative estimate of drug-likeness (QED) is 0.890. The summed E-state index contributed by atoms with van der Waals surface area (Å²) in [7, 11) is 0. The number of rotatable bonds is 4. The van der Waals surface area contributed by atoms with Crippen LogP contribution in [0.1, 0.15) is 23.9 Å². The molecule has 20 heavy (non-hydrogen) atoms. The topological polar surface area (TPSA) is 79.5 Å². The Labute approximate surface area is 123 Å². The number of benzene rings is 1. The van der Waals surface area contributed by atoms with E-state index in [1.165, 1.54) is 6.07 Å². The van der Waals surface area contributed by atoms with Crippen LogP contribution in [0.15, 0.2) is 39.2 Å². The second kappa shape index (κ2) is 5.92. The van der Waals surface area contributed by atoms with E-state index < -0.39 is 5.97 Å². The van der Waals surface area contributed by atoms with E-state index in [1.807, 2.05) is 0 Å². The zero-order valence-electron chi connectivity index (χ0n) is 10.6. The smallest absolute Gasteiger partial charge is 0.371 e. The van der Waals surface area contributed by atoms with Gasteiger partial charge in [0.15, 0.2) is 0 Å². The first-order chi connectivity index (χ1) is 9.51. The first kappa shape index (κ1) is 14.3. The second-order valence-electron chi connectivity index (χ2n) is 4.06. The van der Waals surface area contributed by atoms with E-state index in [-0.39, 0.29) is 11.7 Å². The number of carbonyl (C=O) groups excluding carboxylic acids is 1. The summed E-state index contributed by atoms with van der Waals surface area (Å²) in [6.07, 6.45) is 0.352. The van der Waals surface area contributed by atoms with Crippen molar-refractivity contribution in [3.8, 4) is 11.3 Å². The Kier molecular flexibility index (Phi) is 4.24. The number of hydrogen-bond acceptors (Lipinski definition) is 3. The fourth-order valence-corrected chi connectivity index (χ4v) is 2.03. The lowest BCUT2D eigenvalue weighted by atomic mass is 10.1. The molecule has 0 fully saturated rings. The van der Waals surface area contributed by atoms with E-state index in [2.05, 4.69) is 21.2 Å². The van der Waals surface area contributed by atoms with Gasteiger partial charge in [0.1, 0.15) is 5.76 Å². The van der Waals surface area contributed by atoms with E-state index in [9.17, 15) is 9.59 Å². The summed E-state index contributed by atoms with van der Waals surface area (Å²) in [6.45, 7) is 1.75. The van der Waals surface area contributed by atoms with E-state index in [1.54, 1.807) is 31.2 Å². The Morgan fingerprint density at radius 1 is 1.30 bits per heavy atom. The minimum Gasteiger partial charge on any atom is -0.475 e. The molecule has 1 heterocycles. The van der Waals surface area contributed by atoms with E-state index in [4.69, 9.17) is 9.52 Å². The van der Waals surface area contributed by atoms with Crippen LogP contribution in [-0.4, -0.2) is 17.0 Å². The van der Waals surface area contributed by atoms with Crippen LogP contribution < -0.4 is 5.32 Å². The van der Waals surface area contributed by atoms with Crippen molar-refractivity contribution < 1.29 is 19.1 Å². The van der Waals surface area contributed by atoms with Gasteiger partial charge in [0.25, 0.3) is 0 Å². The van der Waals surface area contributed by atoms with Crippen LogP contribution in [0, 0.1) is 0 Å². The predicted molar refractivity (Wildman–Crippen MR) is 77.7 cm³/mol. The molecule has 1 aromatic heterocycles. The SMILES string of the molecule is CCC(=O)Nc1cc(Br)ccc1-c1ccc(C(=O)O)o1. The first-order valence-electron chi connectivity index (χ1n) is 5.94. The molecule has 5 nitrogen and oxygen atoms in total. The van der Waals surface area contributed by atoms with Crippen LogP contribution in [0.25, 0.3) is 11.3 Å². The maximum atomic E-state index is 11.5. The van der Waals surface area contributed by atoms with Gasteiger partial charge in [-0.2, -0.15) is 0 Å². The van der Waals surface area contributed by atoms with Crippen molar-refractivity contribution in [2.24, 2.45) is 0 Å². The Balaban J connectivity index is 2.43. The van der Waals surface area contributed by atoms with Gasteiger partial charge in [0, 0.05) is 16.5 Å². The third-order valence-electron chi connectivity index (χ3n) is 2.66. The number of amides is 1. The highest BCUT2D eigenvalue weighted by molar-refractivity contribution is 9.10. The van der Waals surface area contributed by atoms with Crippen LogP contribution >= 0.6 is 15.9 Å². The standard InChI is InChI=1S/C14H12BrNO4/c1-2-13(17)16-10-7-8(15)3-4-9(10)11-5-6-12(20-11)14(18)19/h3-7H,2H2,1H3,(H,16,17)(H,18,19). The van der Waals surface area contributed by atoms with Gasteiger partial charge in [-0.25, -0.2) is 4.79 Å². The summed E-state index contributed by atoms with van der Waals surface area (Å²) in [5, 5.41) is 11.6. The highest BCUT2D eigenvalue weighted by Crippen LogP contribution is 2.32. The third kappa shape index (κ3) is 3.08. The average Bonchev–Trinajstić information content (AvgIpc) is 2.88. The summed E-state index contributed by atoms with van der Waals surface area (Å²) < 4.78 is 6.06. The normalized spacial score (nSPS) is 10.3. The van der Waals surface area contributed by atoms with E-state index >= 15 is 0 Å². The molecule has 0 radical (unpaired) electrons. The Bertz CT molecular complexity index is 663. The predicted octanol–water partition coefficient (Wildman–Crippen LogP) is 3.76. The van der Waals surface area contributed by atoms with Crippen LogP contribution in [0.5, 0.6) is 0 Å². The summed E-state index contributed by atoms with van der Waals surface area (Å²) in [6, 6.07) is 8.23. The molecule has 2 N–H and O–H groups in total. The van der Waals surface area contributed by atoms with Crippen molar-refractivity contribution in [3.05, 3.63) is 40.6 Å². The summed E-state index contributed by atoms with van der Waals surface area (Å²) in [5.74, 6) is -1.01.